The Kier molecular flexibility index (Phi) is 5.54. The Labute approximate surface area is 157 Å². The number of rotatable bonds is 5. The standard InChI is InChI=1S/C19H23N5O3/c1-14(25)24-12-9-19(10-13-24,15-6-4-3-5-7-15)17(26)22-23-18-20-11-8-16(21-18)27-2/h3-8,11H,9-10,12-13H2,1-2H3,(H,22,26)(H,20,21,23). The summed E-state index contributed by atoms with van der Waals surface area (Å²) in [5, 5.41) is 0. The van der Waals surface area contributed by atoms with Crippen molar-refractivity contribution in [2.45, 2.75) is 25.2 Å². The van der Waals surface area contributed by atoms with Crippen LogP contribution < -0.4 is 15.6 Å². The number of methoxy groups -OCH3 is 1. The highest BCUT2D eigenvalue weighted by molar-refractivity contribution is 5.89. The Morgan fingerprint density at radius 3 is 2.48 bits per heavy atom. The molecule has 2 heterocycles. The van der Waals surface area contributed by atoms with Crippen LogP contribution in [-0.4, -0.2) is 46.9 Å². The van der Waals surface area contributed by atoms with Gasteiger partial charge >= 0.3 is 0 Å². The number of nitrogens with zero attached hydrogens (tertiary/aromatic N) is 3. The van der Waals surface area contributed by atoms with Gasteiger partial charge in [-0.2, -0.15) is 4.98 Å². The Bertz CT molecular complexity index is 804. The fourth-order valence-corrected chi connectivity index (χ4v) is 3.36. The van der Waals surface area contributed by atoms with Gasteiger partial charge in [0.1, 0.15) is 0 Å². The number of hydrazine groups is 1. The van der Waals surface area contributed by atoms with Gasteiger partial charge in [0.15, 0.2) is 0 Å². The Morgan fingerprint density at radius 2 is 1.85 bits per heavy atom. The minimum Gasteiger partial charge on any atom is -0.481 e. The van der Waals surface area contributed by atoms with Crippen LogP contribution in [0.2, 0.25) is 0 Å². The van der Waals surface area contributed by atoms with E-state index in [-0.39, 0.29) is 17.8 Å². The number of benzene rings is 1. The number of carbonyl (C=O) groups is 2. The summed E-state index contributed by atoms with van der Waals surface area (Å²) in [7, 11) is 1.51. The number of amides is 2. The average Bonchev–Trinajstić information content (AvgIpc) is 2.72. The molecule has 0 spiro atoms. The lowest BCUT2D eigenvalue weighted by molar-refractivity contribution is -0.135. The number of hydrogen-bond donors (Lipinski definition) is 2. The van der Waals surface area contributed by atoms with Gasteiger partial charge in [-0.1, -0.05) is 30.3 Å². The van der Waals surface area contributed by atoms with Gasteiger partial charge in [0.05, 0.1) is 12.5 Å². The zero-order chi connectivity index (χ0) is 19.3. The minimum absolute atomic E-state index is 0.0278. The normalized spacial score (nSPS) is 15.7. The summed E-state index contributed by atoms with van der Waals surface area (Å²) < 4.78 is 5.06. The fraction of sp³-hybridized carbons (Fsp3) is 0.368. The lowest BCUT2D eigenvalue weighted by atomic mass is 9.72. The topological polar surface area (TPSA) is 96.5 Å². The van der Waals surface area contributed by atoms with Gasteiger partial charge in [-0.05, 0) is 18.4 Å². The zero-order valence-electron chi connectivity index (χ0n) is 15.4. The van der Waals surface area contributed by atoms with E-state index in [0.29, 0.717) is 31.8 Å². The van der Waals surface area contributed by atoms with Crippen LogP contribution in [0.3, 0.4) is 0 Å². The van der Waals surface area contributed by atoms with Crippen molar-refractivity contribution in [1.29, 1.82) is 0 Å². The Balaban J connectivity index is 1.78. The monoisotopic (exact) mass is 369 g/mol. The number of carbonyl (C=O) groups excluding carboxylic acids is 2. The van der Waals surface area contributed by atoms with Crippen LogP contribution in [0.1, 0.15) is 25.3 Å². The Morgan fingerprint density at radius 1 is 1.15 bits per heavy atom. The van der Waals surface area contributed by atoms with Crippen molar-refractivity contribution >= 4 is 17.8 Å². The molecule has 0 bridgehead atoms. The molecule has 1 fully saturated rings. The van der Waals surface area contributed by atoms with Gasteiger partial charge in [-0.25, -0.2) is 4.98 Å². The molecule has 2 N–H and O–H groups in total. The molecule has 0 radical (unpaired) electrons. The second-order valence-electron chi connectivity index (χ2n) is 6.46. The van der Waals surface area contributed by atoms with E-state index in [1.165, 1.54) is 7.11 Å². The molecule has 3 rings (SSSR count). The first-order valence-corrected chi connectivity index (χ1v) is 8.80. The minimum atomic E-state index is -0.723. The van der Waals surface area contributed by atoms with Crippen LogP contribution in [0.25, 0.3) is 0 Å². The smallest absolute Gasteiger partial charge is 0.249 e. The molecule has 1 aliphatic rings. The van der Waals surface area contributed by atoms with Crippen molar-refractivity contribution in [2.75, 3.05) is 25.6 Å². The van der Waals surface area contributed by atoms with Crippen LogP contribution in [0.5, 0.6) is 5.88 Å². The van der Waals surface area contributed by atoms with Crippen LogP contribution in [0.15, 0.2) is 42.6 Å². The number of aromatic nitrogens is 2. The van der Waals surface area contributed by atoms with Crippen molar-refractivity contribution in [3.63, 3.8) is 0 Å². The first-order chi connectivity index (χ1) is 13.0. The van der Waals surface area contributed by atoms with E-state index in [1.807, 2.05) is 30.3 Å². The number of hydrogen-bond acceptors (Lipinski definition) is 6. The first kappa shape index (κ1) is 18.6. The van der Waals surface area contributed by atoms with E-state index < -0.39 is 5.41 Å². The maximum Gasteiger partial charge on any atom is 0.249 e. The summed E-state index contributed by atoms with van der Waals surface area (Å²) in [5.41, 5.74) is 5.70. The van der Waals surface area contributed by atoms with Crippen LogP contribution in [0, 0.1) is 0 Å². The quantitative estimate of drug-likeness (QED) is 0.776. The fourth-order valence-electron chi connectivity index (χ4n) is 3.36. The summed E-state index contributed by atoms with van der Waals surface area (Å²) in [5.74, 6) is 0.490. The Hall–Kier alpha value is -3.16. The van der Waals surface area contributed by atoms with Crippen molar-refractivity contribution in [2.24, 2.45) is 0 Å². The van der Waals surface area contributed by atoms with Gasteiger partial charge in [-0.3, -0.25) is 20.4 Å². The predicted octanol–water partition coefficient (Wildman–Crippen LogP) is 1.51. The highest BCUT2D eigenvalue weighted by Gasteiger charge is 2.43. The van der Waals surface area contributed by atoms with Gasteiger partial charge < -0.3 is 9.64 Å². The highest BCUT2D eigenvalue weighted by atomic mass is 16.5. The maximum atomic E-state index is 13.2. The van der Waals surface area contributed by atoms with Crippen molar-refractivity contribution in [3.8, 4) is 5.88 Å². The lowest BCUT2D eigenvalue weighted by Gasteiger charge is -2.40. The molecular weight excluding hydrogens is 346 g/mol. The summed E-state index contributed by atoms with van der Waals surface area (Å²) in [6.45, 7) is 2.62. The molecule has 0 aliphatic carbocycles. The lowest BCUT2D eigenvalue weighted by Crippen LogP contribution is -2.53. The molecule has 1 saturated heterocycles. The predicted molar refractivity (Wildman–Crippen MR) is 100.0 cm³/mol. The first-order valence-electron chi connectivity index (χ1n) is 8.80. The summed E-state index contributed by atoms with van der Waals surface area (Å²) in [6, 6.07) is 11.3. The molecule has 1 aliphatic heterocycles. The molecule has 2 amide bonds. The zero-order valence-corrected chi connectivity index (χ0v) is 15.4. The molecule has 0 saturated carbocycles. The third kappa shape index (κ3) is 3.99. The van der Waals surface area contributed by atoms with E-state index >= 15 is 0 Å². The SMILES string of the molecule is COc1ccnc(NNC(=O)C2(c3ccccc3)CCN(C(C)=O)CC2)n1. The van der Waals surface area contributed by atoms with Crippen molar-refractivity contribution < 1.29 is 14.3 Å². The average molecular weight is 369 g/mol. The molecule has 1 aromatic carbocycles. The number of likely N-dealkylation sites (tertiary alicyclic amines) is 1. The van der Waals surface area contributed by atoms with E-state index in [9.17, 15) is 9.59 Å². The highest BCUT2D eigenvalue weighted by Crippen LogP contribution is 2.36. The van der Waals surface area contributed by atoms with Gasteiger partial charge in [-0.15, -0.1) is 0 Å². The van der Waals surface area contributed by atoms with Crippen LogP contribution >= 0.6 is 0 Å². The van der Waals surface area contributed by atoms with Gasteiger partial charge in [0.2, 0.25) is 23.6 Å². The van der Waals surface area contributed by atoms with E-state index in [0.717, 1.165) is 5.56 Å². The van der Waals surface area contributed by atoms with Crippen LogP contribution in [-0.2, 0) is 15.0 Å². The van der Waals surface area contributed by atoms with E-state index in [1.54, 1.807) is 24.1 Å². The summed E-state index contributed by atoms with van der Waals surface area (Å²) in [6.07, 6.45) is 2.63. The van der Waals surface area contributed by atoms with Crippen LogP contribution in [0.4, 0.5) is 5.95 Å². The second-order valence-corrected chi connectivity index (χ2v) is 6.46. The molecule has 0 atom stereocenters. The number of anilines is 1. The molecule has 1 aromatic heterocycles. The molecule has 0 unspecified atom stereocenters. The molecule has 8 nitrogen and oxygen atoms in total. The summed E-state index contributed by atoms with van der Waals surface area (Å²) in [4.78, 5) is 34.8. The number of ether oxygens (including phenoxy) is 1. The second kappa shape index (κ2) is 8.03. The molecule has 27 heavy (non-hydrogen) atoms. The summed E-state index contributed by atoms with van der Waals surface area (Å²) >= 11 is 0. The number of nitrogens with one attached hydrogen (secondary N) is 2. The van der Waals surface area contributed by atoms with Crippen molar-refractivity contribution in [1.82, 2.24) is 20.3 Å². The molecular formula is C19H23N5O3. The molecule has 8 heteroatoms. The molecule has 2 aromatic rings. The maximum absolute atomic E-state index is 13.2. The van der Waals surface area contributed by atoms with Gasteiger partial charge in [0.25, 0.3) is 0 Å². The van der Waals surface area contributed by atoms with Crippen molar-refractivity contribution in [3.05, 3.63) is 48.2 Å². The van der Waals surface area contributed by atoms with Gasteiger partial charge in [0, 0.05) is 32.3 Å². The third-order valence-electron chi connectivity index (χ3n) is 4.95. The largest absolute Gasteiger partial charge is 0.481 e. The van der Waals surface area contributed by atoms with E-state index in [4.69, 9.17) is 4.74 Å². The third-order valence-corrected chi connectivity index (χ3v) is 4.95. The number of piperidine rings is 1. The van der Waals surface area contributed by atoms with E-state index in [2.05, 4.69) is 20.8 Å². The molecule has 142 valence electrons.